The van der Waals surface area contributed by atoms with E-state index < -0.39 is 46.3 Å². The maximum Gasteiger partial charge on any atom is 0.330 e. The van der Waals surface area contributed by atoms with Crippen molar-refractivity contribution in [3.63, 3.8) is 0 Å². The Balaban J connectivity index is 2.12. The molecular formula is C22H24O8. The van der Waals surface area contributed by atoms with E-state index in [9.17, 15) is 19.2 Å². The summed E-state index contributed by atoms with van der Waals surface area (Å²) in [7, 11) is 0. The fraction of sp³-hybridized carbons (Fsp3) is 0.455. The lowest BCUT2D eigenvalue weighted by molar-refractivity contribution is -0.306. The van der Waals surface area contributed by atoms with E-state index in [1.807, 2.05) is 0 Å². The van der Waals surface area contributed by atoms with Gasteiger partial charge in [0.1, 0.15) is 22.4 Å². The summed E-state index contributed by atoms with van der Waals surface area (Å²) >= 11 is 0. The first-order valence-electron chi connectivity index (χ1n) is 9.48. The highest BCUT2D eigenvalue weighted by Gasteiger charge is 2.74. The first-order valence-corrected chi connectivity index (χ1v) is 9.48. The van der Waals surface area contributed by atoms with Crippen LogP contribution in [0.15, 0.2) is 50.6 Å². The molecule has 30 heavy (non-hydrogen) atoms. The molecule has 0 amide bonds. The molecule has 0 N–H and O–H groups in total. The highest BCUT2D eigenvalue weighted by atomic mass is 16.6. The van der Waals surface area contributed by atoms with E-state index in [2.05, 4.69) is 26.3 Å². The third kappa shape index (κ3) is 3.81. The van der Waals surface area contributed by atoms with Gasteiger partial charge in [-0.3, -0.25) is 0 Å². The predicted octanol–water partition coefficient (Wildman–Crippen LogP) is 2.24. The fourth-order valence-electron chi connectivity index (χ4n) is 5.73. The van der Waals surface area contributed by atoms with Crippen LogP contribution in [-0.2, 0) is 38.1 Å². The topological polar surface area (TPSA) is 105 Å². The largest absolute Gasteiger partial charge is 0.455 e. The molecule has 0 aromatic rings. The summed E-state index contributed by atoms with van der Waals surface area (Å²) in [5.41, 5.74) is -4.76. The van der Waals surface area contributed by atoms with E-state index in [4.69, 9.17) is 18.9 Å². The van der Waals surface area contributed by atoms with Crippen LogP contribution in [-0.4, -0.2) is 46.3 Å². The number of rotatable bonds is 8. The summed E-state index contributed by atoms with van der Waals surface area (Å²) in [4.78, 5) is 48.5. The van der Waals surface area contributed by atoms with Crippen LogP contribution in [0.2, 0.25) is 0 Å². The van der Waals surface area contributed by atoms with Crippen molar-refractivity contribution in [2.24, 2.45) is 0 Å². The molecule has 0 heterocycles. The highest BCUT2D eigenvalue weighted by molar-refractivity contribution is 5.84. The van der Waals surface area contributed by atoms with Crippen molar-refractivity contribution in [2.75, 3.05) is 0 Å². The second kappa shape index (κ2) is 7.27. The molecule has 0 spiro atoms. The molecule has 0 atom stereocenters. The Hall–Kier alpha value is -3.16. The molecule has 0 aromatic carbocycles. The van der Waals surface area contributed by atoms with Gasteiger partial charge in [0.05, 0.1) is 0 Å². The quantitative estimate of drug-likeness (QED) is 0.337. The van der Waals surface area contributed by atoms with Crippen LogP contribution in [0.25, 0.3) is 0 Å². The Kier molecular flexibility index (Phi) is 5.22. The van der Waals surface area contributed by atoms with Gasteiger partial charge in [-0.25, -0.2) is 19.2 Å². The van der Waals surface area contributed by atoms with Gasteiger partial charge < -0.3 is 18.9 Å². The van der Waals surface area contributed by atoms with Gasteiger partial charge in [0.25, 0.3) is 0 Å². The number of carbonyl (C=O) groups is 4. The van der Waals surface area contributed by atoms with Crippen LogP contribution in [0.5, 0.6) is 0 Å². The predicted molar refractivity (Wildman–Crippen MR) is 104 cm³/mol. The van der Waals surface area contributed by atoms with E-state index in [0.717, 1.165) is 24.3 Å². The lowest BCUT2D eigenvalue weighted by Gasteiger charge is -2.66. The molecule has 160 valence electrons. The first-order chi connectivity index (χ1) is 14.1. The minimum absolute atomic E-state index is 0.167. The van der Waals surface area contributed by atoms with Gasteiger partial charge >= 0.3 is 23.9 Å². The summed E-state index contributed by atoms with van der Waals surface area (Å²) in [5.74, 6) is -2.73. The van der Waals surface area contributed by atoms with Crippen molar-refractivity contribution in [2.45, 2.75) is 60.9 Å². The van der Waals surface area contributed by atoms with E-state index in [-0.39, 0.29) is 38.5 Å². The normalized spacial score (nSPS) is 35.5. The molecule has 4 rings (SSSR count). The maximum atomic E-state index is 12.1. The first kappa shape index (κ1) is 21.5. The molecule has 0 unspecified atom stereocenters. The Morgan fingerprint density at radius 1 is 0.467 bits per heavy atom. The van der Waals surface area contributed by atoms with E-state index in [1.165, 1.54) is 0 Å². The summed E-state index contributed by atoms with van der Waals surface area (Å²) in [5, 5.41) is 0. The molecule has 8 nitrogen and oxygen atoms in total. The van der Waals surface area contributed by atoms with Crippen LogP contribution in [0.3, 0.4) is 0 Å². The van der Waals surface area contributed by atoms with Gasteiger partial charge in [-0.1, -0.05) is 26.3 Å². The van der Waals surface area contributed by atoms with Gasteiger partial charge in [0, 0.05) is 62.8 Å². The SMILES string of the molecule is C=CC(=O)OC12CC3(OC(=O)C=C)CC(OC(=O)C=C)(C1)CC(OC(=O)C=C)(C2)C3. The standard InChI is InChI=1S/C22H24O8/c1-5-15(23)27-19-9-20(28-16(24)6-2)12-21(10-19,29-17(25)7-3)14-22(11-19,13-20)30-18(26)8-4/h5-8H,1-4,9-14H2. The number of ether oxygens (including phenoxy) is 4. The van der Waals surface area contributed by atoms with Crippen molar-refractivity contribution in [1.29, 1.82) is 0 Å². The number of hydrogen-bond acceptors (Lipinski definition) is 8. The van der Waals surface area contributed by atoms with E-state index in [1.54, 1.807) is 0 Å². The second-order valence-electron chi connectivity index (χ2n) is 8.29. The van der Waals surface area contributed by atoms with Gasteiger partial charge in [-0.05, 0) is 0 Å². The molecule has 4 aliphatic rings. The third-order valence-corrected chi connectivity index (χ3v) is 5.80. The lowest BCUT2D eigenvalue weighted by atomic mass is 9.48. The molecule has 4 bridgehead atoms. The Morgan fingerprint density at radius 2 is 0.633 bits per heavy atom. The smallest absolute Gasteiger partial charge is 0.330 e. The van der Waals surface area contributed by atoms with Crippen LogP contribution in [0, 0.1) is 0 Å². The van der Waals surface area contributed by atoms with Crippen molar-refractivity contribution in [3.8, 4) is 0 Å². The van der Waals surface area contributed by atoms with Crippen molar-refractivity contribution < 1.29 is 38.1 Å². The summed E-state index contributed by atoms with van der Waals surface area (Å²) in [6.07, 6.45) is 5.08. The summed E-state index contributed by atoms with van der Waals surface area (Å²) in [6, 6.07) is 0. The molecule has 4 fully saturated rings. The number of hydrogen-bond donors (Lipinski definition) is 0. The van der Waals surface area contributed by atoms with Crippen molar-refractivity contribution in [3.05, 3.63) is 50.6 Å². The van der Waals surface area contributed by atoms with Crippen LogP contribution in [0.4, 0.5) is 0 Å². The molecule has 0 saturated heterocycles. The Bertz CT molecular complexity index is 678. The average molecular weight is 416 g/mol. The summed E-state index contributed by atoms with van der Waals surface area (Å²) in [6.45, 7) is 13.7. The molecule has 4 aliphatic carbocycles. The molecule has 0 aliphatic heterocycles. The lowest BCUT2D eigenvalue weighted by Crippen LogP contribution is -2.74. The molecule has 0 radical (unpaired) electrons. The zero-order chi connectivity index (χ0) is 22.2. The highest BCUT2D eigenvalue weighted by Crippen LogP contribution is 2.65. The second-order valence-corrected chi connectivity index (χ2v) is 8.29. The van der Waals surface area contributed by atoms with Gasteiger partial charge in [-0.2, -0.15) is 0 Å². The van der Waals surface area contributed by atoms with Gasteiger partial charge in [0.15, 0.2) is 0 Å². The Labute approximate surface area is 174 Å². The molecular weight excluding hydrogens is 392 g/mol. The molecule has 0 aromatic heterocycles. The van der Waals surface area contributed by atoms with E-state index in [0.29, 0.717) is 0 Å². The maximum absolute atomic E-state index is 12.1. The average Bonchev–Trinajstić information content (AvgIpc) is 2.64. The zero-order valence-electron chi connectivity index (χ0n) is 16.6. The van der Waals surface area contributed by atoms with Gasteiger partial charge in [0.2, 0.25) is 0 Å². The summed E-state index contributed by atoms with van der Waals surface area (Å²) < 4.78 is 22.8. The van der Waals surface area contributed by atoms with Crippen LogP contribution < -0.4 is 0 Å². The minimum atomic E-state index is -1.19. The number of esters is 4. The minimum Gasteiger partial charge on any atom is -0.455 e. The van der Waals surface area contributed by atoms with E-state index >= 15 is 0 Å². The number of carbonyl (C=O) groups excluding carboxylic acids is 4. The monoisotopic (exact) mass is 416 g/mol. The zero-order valence-corrected chi connectivity index (χ0v) is 16.6. The van der Waals surface area contributed by atoms with Crippen LogP contribution >= 0.6 is 0 Å². The molecule has 4 saturated carbocycles. The molecule has 8 heteroatoms. The third-order valence-electron chi connectivity index (χ3n) is 5.80. The van der Waals surface area contributed by atoms with Crippen molar-refractivity contribution in [1.82, 2.24) is 0 Å². The Morgan fingerprint density at radius 3 is 0.767 bits per heavy atom. The van der Waals surface area contributed by atoms with Gasteiger partial charge in [-0.15, -0.1) is 0 Å². The fourth-order valence-corrected chi connectivity index (χ4v) is 5.73. The van der Waals surface area contributed by atoms with Crippen LogP contribution in [0.1, 0.15) is 38.5 Å². The van der Waals surface area contributed by atoms with Crippen molar-refractivity contribution >= 4 is 23.9 Å².